The summed E-state index contributed by atoms with van der Waals surface area (Å²) in [6.07, 6.45) is 0.982. The fraction of sp³-hybridized carbons (Fsp3) is 0.278. The lowest BCUT2D eigenvalue weighted by Crippen LogP contribution is -1.99. The molecule has 0 radical (unpaired) electrons. The van der Waals surface area contributed by atoms with Gasteiger partial charge in [0, 0.05) is 21.7 Å². The van der Waals surface area contributed by atoms with Gasteiger partial charge in [-0.2, -0.15) is 0 Å². The minimum Gasteiger partial charge on any atom is -0.493 e. The van der Waals surface area contributed by atoms with E-state index in [0.717, 1.165) is 39.7 Å². The van der Waals surface area contributed by atoms with Crippen LogP contribution < -0.4 is 15.2 Å². The fourth-order valence-corrected chi connectivity index (χ4v) is 3.76. The highest BCUT2D eigenvalue weighted by Crippen LogP contribution is 2.39. The standard InChI is InChI=1S/C18H20N2O2S/c1-21-16-10-13-15(11-17(16)22-2)20-14-7-4-3-6-12(14)18(13)23-9-5-8-19/h3-4,6-7,10-11H,5,8-9,19H2,1-2H3. The van der Waals surface area contributed by atoms with Crippen LogP contribution in [0.4, 0.5) is 0 Å². The van der Waals surface area contributed by atoms with Crippen molar-refractivity contribution in [3.63, 3.8) is 0 Å². The van der Waals surface area contributed by atoms with Crippen LogP contribution in [0, 0.1) is 0 Å². The predicted octanol–water partition coefficient (Wildman–Crippen LogP) is 3.85. The first kappa shape index (κ1) is 15.9. The molecule has 0 amide bonds. The molecule has 120 valence electrons. The van der Waals surface area contributed by atoms with Gasteiger partial charge >= 0.3 is 0 Å². The summed E-state index contributed by atoms with van der Waals surface area (Å²) in [5.41, 5.74) is 7.54. The number of hydrogen-bond donors (Lipinski definition) is 1. The monoisotopic (exact) mass is 328 g/mol. The van der Waals surface area contributed by atoms with Crippen LogP contribution in [0.1, 0.15) is 6.42 Å². The Morgan fingerprint density at radius 2 is 1.74 bits per heavy atom. The van der Waals surface area contributed by atoms with Gasteiger partial charge in [0.15, 0.2) is 11.5 Å². The maximum Gasteiger partial charge on any atom is 0.162 e. The second kappa shape index (κ2) is 7.06. The first-order chi connectivity index (χ1) is 11.3. The Hall–Kier alpha value is -1.98. The van der Waals surface area contributed by atoms with Crippen LogP contribution in [-0.2, 0) is 0 Å². The molecular weight excluding hydrogens is 308 g/mol. The summed E-state index contributed by atoms with van der Waals surface area (Å²) in [5, 5.41) is 2.25. The smallest absolute Gasteiger partial charge is 0.162 e. The van der Waals surface area contributed by atoms with Crippen molar-refractivity contribution in [2.45, 2.75) is 11.3 Å². The summed E-state index contributed by atoms with van der Waals surface area (Å²) in [5.74, 6) is 2.40. The third kappa shape index (κ3) is 3.07. The summed E-state index contributed by atoms with van der Waals surface area (Å²) < 4.78 is 10.9. The molecule has 0 unspecified atom stereocenters. The lowest BCUT2D eigenvalue weighted by Gasteiger charge is -2.13. The molecule has 4 nitrogen and oxygen atoms in total. The van der Waals surface area contributed by atoms with E-state index in [1.807, 2.05) is 42.1 Å². The van der Waals surface area contributed by atoms with Gasteiger partial charge < -0.3 is 15.2 Å². The van der Waals surface area contributed by atoms with Gasteiger partial charge in [-0.05, 0) is 30.9 Å². The van der Waals surface area contributed by atoms with E-state index < -0.39 is 0 Å². The van der Waals surface area contributed by atoms with Gasteiger partial charge in [-0.3, -0.25) is 0 Å². The molecule has 0 aliphatic rings. The zero-order chi connectivity index (χ0) is 16.2. The van der Waals surface area contributed by atoms with Gasteiger partial charge in [0.05, 0.1) is 25.3 Å². The minimum atomic E-state index is 0.695. The second-order valence-corrected chi connectivity index (χ2v) is 6.28. The Kier molecular flexibility index (Phi) is 4.88. The zero-order valence-electron chi connectivity index (χ0n) is 13.3. The molecule has 0 aliphatic heterocycles. The van der Waals surface area contributed by atoms with Gasteiger partial charge in [-0.15, -0.1) is 11.8 Å². The van der Waals surface area contributed by atoms with Crippen LogP contribution in [0.2, 0.25) is 0 Å². The van der Waals surface area contributed by atoms with E-state index in [-0.39, 0.29) is 0 Å². The van der Waals surface area contributed by atoms with E-state index in [0.29, 0.717) is 12.3 Å². The maximum atomic E-state index is 5.64. The van der Waals surface area contributed by atoms with E-state index in [4.69, 9.17) is 20.2 Å². The topological polar surface area (TPSA) is 57.4 Å². The molecule has 1 aromatic heterocycles. The van der Waals surface area contributed by atoms with E-state index >= 15 is 0 Å². The number of thioether (sulfide) groups is 1. The molecule has 0 aliphatic carbocycles. The third-order valence-corrected chi connectivity index (χ3v) is 4.95. The second-order valence-electron chi connectivity index (χ2n) is 5.17. The van der Waals surface area contributed by atoms with Crippen molar-refractivity contribution >= 4 is 33.6 Å². The number of fused-ring (bicyclic) bond motifs is 2. The Balaban J connectivity index is 2.26. The van der Waals surface area contributed by atoms with E-state index in [2.05, 4.69) is 6.07 Å². The SMILES string of the molecule is COc1cc2nc3ccccc3c(SCCCN)c2cc1OC. The Morgan fingerprint density at radius 3 is 2.48 bits per heavy atom. The number of pyridine rings is 1. The molecule has 0 saturated heterocycles. The first-order valence-corrected chi connectivity index (χ1v) is 8.54. The van der Waals surface area contributed by atoms with Crippen LogP contribution in [0.5, 0.6) is 11.5 Å². The van der Waals surface area contributed by atoms with Gasteiger partial charge in [-0.1, -0.05) is 18.2 Å². The molecule has 0 spiro atoms. The van der Waals surface area contributed by atoms with Crippen molar-refractivity contribution in [1.82, 2.24) is 4.98 Å². The Morgan fingerprint density at radius 1 is 1.00 bits per heavy atom. The van der Waals surface area contributed by atoms with E-state index in [1.165, 1.54) is 4.90 Å². The van der Waals surface area contributed by atoms with E-state index in [1.54, 1.807) is 14.2 Å². The van der Waals surface area contributed by atoms with Gasteiger partial charge in [0.2, 0.25) is 0 Å². The quantitative estimate of drug-likeness (QED) is 0.423. The van der Waals surface area contributed by atoms with E-state index in [9.17, 15) is 0 Å². The number of ether oxygens (including phenoxy) is 2. The highest BCUT2D eigenvalue weighted by molar-refractivity contribution is 7.99. The number of benzene rings is 2. The van der Waals surface area contributed by atoms with Crippen molar-refractivity contribution in [3.05, 3.63) is 36.4 Å². The van der Waals surface area contributed by atoms with Crippen LogP contribution in [0.15, 0.2) is 41.3 Å². The lowest BCUT2D eigenvalue weighted by atomic mass is 10.1. The number of para-hydroxylation sites is 1. The summed E-state index contributed by atoms with van der Waals surface area (Å²) in [6, 6.07) is 12.2. The molecule has 3 rings (SSSR count). The average Bonchev–Trinajstić information content (AvgIpc) is 2.60. The minimum absolute atomic E-state index is 0.695. The van der Waals surface area contributed by atoms with Crippen LogP contribution in [-0.4, -0.2) is 31.5 Å². The highest BCUT2D eigenvalue weighted by Gasteiger charge is 2.13. The summed E-state index contributed by atoms with van der Waals surface area (Å²) in [6.45, 7) is 0.699. The average molecular weight is 328 g/mol. The number of nitrogens with two attached hydrogens (primary N) is 1. The molecule has 2 aromatic carbocycles. The zero-order valence-corrected chi connectivity index (χ0v) is 14.2. The molecule has 3 aromatic rings. The van der Waals surface area contributed by atoms with Crippen molar-refractivity contribution in [2.75, 3.05) is 26.5 Å². The Bertz CT molecular complexity index is 836. The molecule has 0 atom stereocenters. The molecule has 0 bridgehead atoms. The summed E-state index contributed by atoms with van der Waals surface area (Å²) in [4.78, 5) is 6.00. The van der Waals surface area contributed by atoms with Crippen LogP contribution in [0.3, 0.4) is 0 Å². The maximum absolute atomic E-state index is 5.64. The molecule has 0 fully saturated rings. The van der Waals surface area contributed by atoms with Crippen LogP contribution >= 0.6 is 11.8 Å². The van der Waals surface area contributed by atoms with Gasteiger partial charge in [0.25, 0.3) is 0 Å². The number of nitrogens with zero attached hydrogens (tertiary/aromatic N) is 1. The van der Waals surface area contributed by atoms with Crippen molar-refractivity contribution in [3.8, 4) is 11.5 Å². The normalized spacial score (nSPS) is 11.1. The molecule has 0 saturated carbocycles. The number of hydrogen-bond acceptors (Lipinski definition) is 5. The fourth-order valence-electron chi connectivity index (χ4n) is 2.59. The van der Waals surface area contributed by atoms with Gasteiger partial charge in [-0.25, -0.2) is 4.98 Å². The molecule has 5 heteroatoms. The van der Waals surface area contributed by atoms with Crippen LogP contribution in [0.25, 0.3) is 21.8 Å². The number of aromatic nitrogens is 1. The number of rotatable bonds is 6. The molecule has 1 heterocycles. The molecular formula is C18H20N2O2S. The summed E-state index contributed by atoms with van der Waals surface area (Å²) >= 11 is 1.82. The molecule has 2 N–H and O–H groups in total. The molecule has 23 heavy (non-hydrogen) atoms. The third-order valence-electron chi connectivity index (χ3n) is 3.73. The Labute approximate surface area is 140 Å². The largest absolute Gasteiger partial charge is 0.493 e. The first-order valence-electron chi connectivity index (χ1n) is 7.56. The predicted molar refractivity (Wildman–Crippen MR) is 96.7 cm³/mol. The number of methoxy groups -OCH3 is 2. The summed E-state index contributed by atoms with van der Waals surface area (Å²) in [7, 11) is 3.29. The highest BCUT2D eigenvalue weighted by atomic mass is 32.2. The van der Waals surface area contributed by atoms with Crippen molar-refractivity contribution < 1.29 is 9.47 Å². The van der Waals surface area contributed by atoms with Crippen molar-refractivity contribution in [1.29, 1.82) is 0 Å². The lowest BCUT2D eigenvalue weighted by molar-refractivity contribution is 0.355. The van der Waals surface area contributed by atoms with Gasteiger partial charge in [0.1, 0.15) is 0 Å². The van der Waals surface area contributed by atoms with Crippen molar-refractivity contribution in [2.24, 2.45) is 5.73 Å².